The maximum Gasteiger partial charge on any atom is -0.0126 e. The molecule has 0 aliphatic carbocycles. The zero-order valence-corrected chi connectivity index (χ0v) is 12.7. The van der Waals surface area contributed by atoms with Gasteiger partial charge in [-0.25, -0.2) is 0 Å². The van der Waals surface area contributed by atoms with Crippen LogP contribution in [-0.4, -0.2) is 0 Å². The monoisotopic (exact) mass is 212 g/mol. The summed E-state index contributed by atoms with van der Waals surface area (Å²) < 4.78 is 0. The molecule has 0 aromatic carbocycles. The van der Waals surface area contributed by atoms with E-state index in [1.54, 1.807) is 0 Å². The molecule has 0 rings (SSSR count). The average Bonchev–Trinajstić information content (AvgIpc) is 1.79. The van der Waals surface area contributed by atoms with E-state index >= 15 is 0 Å². The van der Waals surface area contributed by atoms with Crippen molar-refractivity contribution in [2.75, 3.05) is 0 Å². The molecule has 0 heterocycles. The van der Waals surface area contributed by atoms with E-state index in [0.717, 1.165) is 0 Å². The summed E-state index contributed by atoms with van der Waals surface area (Å²) in [5, 5.41) is 0. The fraction of sp³-hybridized carbons (Fsp3) is 0.867. The Morgan fingerprint density at radius 3 is 1.00 bits per heavy atom. The van der Waals surface area contributed by atoms with E-state index in [1.807, 2.05) is 0 Å². The normalized spacial score (nSPS) is 13.7. The smallest absolute Gasteiger partial charge is 0.0126 e. The first kappa shape index (κ1) is 17.1. The van der Waals surface area contributed by atoms with Gasteiger partial charge in [-0.05, 0) is 23.2 Å². The molecular formula is C15H32. The number of hydrogen-bond donors (Lipinski definition) is 0. The van der Waals surface area contributed by atoms with Crippen molar-refractivity contribution in [3.05, 3.63) is 12.2 Å². The van der Waals surface area contributed by atoms with Crippen LogP contribution in [0.25, 0.3) is 0 Å². The van der Waals surface area contributed by atoms with Crippen molar-refractivity contribution in [1.82, 2.24) is 0 Å². The van der Waals surface area contributed by atoms with E-state index in [-0.39, 0.29) is 0 Å². The minimum absolute atomic E-state index is 0.307. The lowest BCUT2D eigenvalue weighted by molar-refractivity contribution is 0.192. The molecule has 92 valence electrons. The minimum atomic E-state index is 0.307. The highest BCUT2D eigenvalue weighted by Gasteiger charge is 2.29. The molecule has 0 spiro atoms. The molecule has 0 nitrogen and oxygen atoms in total. The lowest BCUT2D eigenvalue weighted by atomic mass is 9.69. The Hall–Kier alpha value is -0.260. The molecule has 0 saturated carbocycles. The SMILES string of the molecule is C/C=C\C(C)(C)C(C)(C)C.CC(C)(C)C. The van der Waals surface area contributed by atoms with E-state index in [4.69, 9.17) is 0 Å². The lowest BCUT2D eigenvalue weighted by Gasteiger charge is -2.36. The standard InChI is InChI=1S/C10H20.C5H12/c1-7-8-10(5,6)9(2,3)4;1-5(2,3)4/h7-8H,1-6H3;1-4H3/b8-7-;. The summed E-state index contributed by atoms with van der Waals surface area (Å²) in [5.74, 6) is 0. The molecule has 0 N–H and O–H groups in total. The van der Waals surface area contributed by atoms with Crippen molar-refractivity contribution < 1.29 is 0 Å². The van der Waals surface area contributed by atoms with Gasteiger partial charge in [0.2, 0.25) is 0 Å². The van der Waals surface area contributed by atoms with E-state index < -0.39 is 0 Å². The Labute approximate surface area is 98.2 Å². The first-order chi connectivity index (χ1) is 6.31. The molecular weight excluding hydrogens is 180 g/mol. The molecule has 15 heavy (non-hydrogen) atoms. The maximum absolute atomic E-state index is 2.27. The molecule has 0 aromatic rings. The van der Waals surface area contributed by atoms with Crippen molar-refractivity contribution >= 4 is 0 Å². The second-order valence-electron chi connectivity index (χ2n) is 7.47. The van der Waals surface area contributed by atoms with E-state index in [0.29, 0.717) is 16.2 Å². The topological polar surface area (TPSA) is 0 Å². The molecule has 0 aromatic heterocycles. The molecule has 0 aliphatic rings. The van der Waals surface area contributed by atoms with Gasteiger partial charge in [0.1, 0.15) is 0 Å². The van der Waals surface area contributed by atoms with Gasteiger partial charge in [-0.15, -0.1) is 0 Å². The molecule has 0 fully saturated rings. The summed E-state index contributed by atoms with van der Waals surface area (Å²) in [6.07, 6.45) is 4.40. The summed E-state index contributed by atoms with van der Waals surface area (Å²) in [4.78, 5) is 0. The highest BCUT2D eigenvalue weighted by atomic mass is 14.3. The Kier molecular flexibility index (Phi) is 6.54. The van der Waals surface area contributed by atoms with E-state index in [9.17, 15) is 0 Å². The highest BCUT2D eigenvalue weighted by molar-refractivity contribution is 4.99. The molecule has 0 radical (unpaired) electrons. The lowest BCUT2D eigenvalue weighted by Crippen LogP contribution is -2.27. The number of allylic oxidation sites excluding steroid dienone is 2. The molecule has 0 aliphatic heterocycles. The second kappa shape index (κ2) is 5.72. The van der Waals surface area contributed by atoms with Crippen LogP contribution in [0.2, 0.25) is 0 Å². The Balaban J connectivity index is 0. The third-order valence-electron chi connectivity index (χ3n) is 2.52. The summed E-state index contributed by atoms with van der Waals surface area (Å²) in [5.41, 5.74) is 1.17. The molecule has 0 saturated heterocycles. The molecule has 0 atom stereocenters. The minimum Gasteiger partial charge on any atom is -0.0911 e. The number of hydrogen-bond acceptors (Lipinski definition) is 0. The fourth-order valence-corrected chi connectivity index (χ4v) is 0.667. The first-order valence-electron chi connectivity index (χ1n) is 5.95. The quantitative estimate of drug-likeness (QED) is 0.490. The second-order valence-corrected chi connectivity index (χ2v) is 7.47. The Morgan fingerprint density at radius 1 is 0.667 bits per heavy atom. The van der Waals surface area contributed by atoms with E-state index in [1.165, 1.54) is 0 Å². The van der Waals surface area contributed by atoms with Crippen LogP contribution in [0.1, 0.15) is 69.2 Å². The van der Waals surface area contributed by atoms with Crippen molar-refractivity contribution in [2.24, 2.45) is 16.2 Å². The van der Waals surface area contributed by atoms with Crippen LogP contribution in [0.5, 0.6) is 0 Å². The van der Waals surface area contributed by atoms with Gasteiger partial charge in [0.15, 0.2) is 0 Å². The van der Waals surface area contributed by atoms with Crippen LogP contribution in [0, 0.1) is 16.2 Å². The van der Waals surface area contributed by atoms with Gasteiger partial charge < -0.3 is 0 Å². The maximum atomic E-state index is 2.27. The first-order valence-corrected chi connectivity index (χ1v) is 5.95. The summed E-state index contributed by atoms with van der Waals surface area (Å²) in [6.45, 7) is 22.2. The van der Waals surface area contributed by atoms with Crippen molar-refractivity contribution in [3.8, 4) is 0 Å². The molecule has 0 bridgehead atoms. The Bertz CT molecular complexity index is 175. The van der Waals surface area contributed by atoms with Gasteiger partial charge in [-0.3, -0.25) is 0 Å². The third-order valence-corrected chi connectivity index (χ3v) is 2.52. The van der Waals surface area contributed by atoms with Crippen molar-refractivity contribution in [1.29, 1.82) is 0 Å². The zero-order valence-electron chi connectivity index (χ0n) is 12.7. The van der Waals surface area contributed by atoms with Crippen LogP contribution < -0.4 is 0 Å². The van der Waals surface area contributed by atoms with Crippen LogP contribution in [0.4, 0.5) is 0 Å². The van der Waals surface area contributed by atoms with Gasteiger partial charge in [-0.2, -0.15) is 0 Å². The average molecular weight is 212 g/mol. The third kappa shape index (κ3) is 11.7. The van der Waals surface area contributed by atoms with Crippen LogP contribution >= 0.6 is 0 Å². The molecule has 0 amide bonds. The fourth-order valence-electron chi connectivity index (χ4n) is 0.667. The predicted molar refractivity (Wildman–Crippen MR) is 73.2 cm³/mol. The largest absolute Gasteiger partial charge is 0.0911 e. The van der Waals surface area contributed by atoms with Crippen LogP contribution in [-0.2, 0) is 0 Å². The number of rotatable bonds is 1. The van der Waals surface area contributed by atoms with Crippen molar-refractivity contribution in [3.63, 3.8) is 0 Å². The van der Waals surface area contributed by atoms with Crippen LogP contribution in [0.15, 0.2) is 12.2 Å². The zero-order chi connectivity index (χ0) is 12.9. The van der Waals surface area contributed by atoms with Gasteiger partial charge in [-0.1, -0.05) is 74.5 Å². The van der Waals surface area contributed by atoms with Crippen molar-refractivity contribution in [2.45, 2.75) is 69.2 Å². The van der Waals surface area contributed by atoms with Gasteiger partial charge in [0.05, 0.1) is 0 Å². The Morgan fingerprint density at radius 2 is 0.933 bits per heavy atom. The highest BCUT2D eigenvalue weighted by Crippen LogP contribution is 2.38. The van der Waals surface area contributed by atoms with Crippen LogP contribution in [0.3, 0.4) is 0 Å². The van der Waals surface area contributed by atoms with Gasteiger partial charge >= 0.3 is 0 Å². The predicted octanol–water partition coefficient (Wildman–Crippen LogP) is 5.69. The summed E-state index contributed by atoms with van der Waals surface area (Å²) >= 11 is 0. The summed E-state index contributed by atoms with van der Waals surface area (Å²) in [6, 6.07) is 0. The molecule has 0 heteroatoms. The van der Waals surface area contributed by atoms with Gasteiger partial charge in [0.25, 0.3) is 0 Å². The molecule has 0 unspecified atom stereocenters. The van der Waals surface area contributed by atoms with E-state index in [2.05, 4.69) is 81.4 Å². The summed E-state index contributed by atoms with van der Waals surface area (Å²) in [7, 11) is 0. The van der Waals surface area contributed by atoms with Gasteiger partial charge in [0, 0.05) is 0 Å².